The Hall–Kier alpha value is -1.68. The number of carbonyl (C=O) groups excluding carboxylic acids is 1. The van der Waals surface area contributed by atoms with Crippen molar-refractivity contribution in [2.75, 3.05) is 33.3 Å². The Morgan fingerprint density at radius 2 is 1.21 bits per heavy atom. The highest BCUT2D eigenvalue weighted by Gasteiger charge is 2.24. The normalized spacial score (nSPS) is 11.0. The van der Waals surface area contributed by atoms with Crippen LogP contribution in [0.25, 0.3) is 0 Å². The fraction of sp³-hybridized carbons (Fsp3) is 0.708. The Bertz CT molecular complexity index is 678. The summed E-state index contributed by atoms with van der Waals surface area (Å²) in [5.74, 6) is -0.381. The smallest absolute Gasteiger partial charge is 0.394 e. The molecule has 0 saturated heterocycles. The summed E-state index contributed by atoms with van der Waals surface area (Å²) in [5, 5.41) is 8.95. The highest BCUT2D eigenvalue weighted by Crippen LogP contribution is 2.16. The maximum Gasteiger partial charge on any atom is 0.394 e. The minimum atomic E-state index is -4.67. The van der Waals surface area contributed by atoms with E-state index in [9.17, 15) is 4.79 Å². The van der Waals surface area contributed by atoms with Gasteiger partial charge in [0.1, 0.15) is 5.75 Å². The quantitative estimate of drug-likeness (QED) is 0.188. The van der Waals surface area contributed by atoms with Gasteiger partial charge in [-0.05, 0) is 43.9 Å². The second-order valence-electron chi connectivity index (χ2n) is 8.14. The van der Waals surface area contributed by atoms with Gasteiger partial charge in [-0.1, -0.05) is 59.4 Å². The molecular formula is C24H46NO7S+. The van der Waals surface area contributed by atoms with Gasteiger partial charge < -0.3 is 14.3 Å². The Morgan fingerprint density at radius 1 is 0.848 bits per heavy atom. The third-order valence-electron chi connectivity index (χ3n) is 5.21. The molecule has 0 spiro atoms. The van der Waals surface area contributed by atoms with E-state index in [1.807, 2.05) is 0 Å². The predicted octanol–water partition coefficient (Wildman–Crippen LogP) is 5.53. The van der Waals surface area contributed by atoms with Gasteiger partial charge in [-0.25, -0.2) is 4.79 Å². The number of aromatic hydroxyl groups is 1. The summed E-state index contributed by atoms with van der Waals surface area (Å²) in [6, 6.07) is 6.01. The number of benzene rings is 1. The van der Waals surface area contributed by atoms with E-state index in [-0.39, 0.29) is 5.75 Å². The van der Waals surface area contributed by atoms with Crippen molar-refractivity contribution in [1.29, 1.82) is 0 Å². The van der Waals surface area contributed by atoms with Crippen LogP contribution >= 0.6 is 0 Å². The number of methoxy groups -OCH3 is 1. The van der Waals surface area contributed by atoms with Crippen LogP contribution in [0.15, 0.2) is 24.3 Å². The van der Waals surface area contributed by atoms with Crippen LogP contribution in [0.5, 0.6) is 5.75 Å². The van der Waals surface area contributed by atoms with Crippen molar-refractivity contribution in [3.8, 4) is 5.75 Å². The Labute approximate surface area is 201 Å². The number of esters is 1. The third-order valence-corrected chi connectivity index (χ3v) is 5.21. The van der Waals surface area contributed by atoms with Crippen LogP contribution in [0.1, 0.15) is 89.4 Å². The van der Waals surface area contributed by atoms with Crippen LogP contribution in [0.2, 0.25) is 0 Å². The SMILES string of the molecule is CCCC[N+](CCCC)(CCCC)CCCC.COC(=O)c1cccc(O)c1.O=S(=O)(O)O. The van der Waals surface area contributed by atoms with Crippen LogP contribution in [-0.2, 0) is 15.1 Å². The number of unbranched alkanes of at least 4 members (excludes halogenated alkanes) is 4. The molecule has 0 aliphatic carbocycles. The number of rotatable bonds is 13. The molecule has 0 aliphatic heterocycles. The second kappa shape index (κ2) is 19.8. The lowest BCUT2D eigenvalue weighted by molar-refractivity contribution is -0.929. The molecular weight excluding hydrogens is 446 g/mol. The lowest BCUT2D eigenvalue weighted by atomic mass is 10.1. The zero-order chi connectivity index (χ0) is 25.8. The van der Waals surface area contributed by atoms with E-state index in [4.69, 9.17) is 22.6 Å². The van der Waals surface area contributed by atoms with Gasteiger partial charge in [0.25, 0.3) is 0 Å². The van der Waals surface area contributed by atoms with E-state index < -0.39 is 16.4 Å². The number of phenols is 1. The predicted molar refractivity (Wildman–Crippen MR) is 133 cm³/mol. The standard InChI is InChI=1S/C16H36N.C8H8O3.H2O4S/c1-5-9-13-17(14-10-6-2,15-11-7-3)16-12-8-4;1-11-8(10)6-3-2-4-7(9)5-6;1-5(2,3)4/h5-16H2,1-4H3;2-5,9H,1H3;(H2,1,2,3,4)/q+1;;. The zero-order valence-corrected chi connectivity index (χ0v) is 21.9. The van der Waals surface area contributed by atoms with Gasteiger partial charge >= 0.3 is 16.4 Å². The molecule has 0 heterocycles. The maximum atomic E-state index is 10.8. The fourth-order valence-corrected chi connectivity index (χ4v) is 3.40. The van der Waals surface area contributed by atoms with Gasteiger partial charge in [-0.3, -0.25) is 9.11 Å². The molecule has 3 N–H and O–H groups in total. The number of nitrogens with zero attached hydrogens (tertiary/aromatic N) is 1. The van der Waals surface area contributed by atoms with Gasteiger partial charge in [0.2, 0.25) is 0 Å². The molecule has 1 aromatic rings. The summed E-state index contributed by atoms with van der Waals surface area (Å²) >= 11 is 0. The minimum absolute atomic E-state index is 0.0629. The highest BCUT2D eigenvalue weighted by molar-refractivity contribution is 7.79. The van der Waals surface area contributed by atoms with Crippen LogP contribution in [0.4, 0.5) is 0 Å². The number of carbonyl (C=O) groups is 1. The number of quaternary nitrogens is 1. The van der Waals surface area contributed by atoms with Crippen molar-refractivity contribution < 1.29 is 36.6 Å². The van der Waals surface area contributed by atoms with Crippen molar-refractivity contribution in [3.05, 3.63) is 29.8 Å². The van der Waals surface area contributed by atoms with E-state index in [0.29, 0.717) is 5.56 Å². The first-order valence-electron chi connectivity index (χ1n) is 11.9. The average Bonchev–Trinajstić information content (AvgIpc) is 2.77. The molecule has 0 atom stereocenters. The lowest BCUT2D eigenvalue weighted by Crippen LogP contribution is -2.50. The molecule has 0 radical (unpaired) electrons. The second-order valence-corrected chi connectivity index (χ2v) is 9.04. The molecule has 0 saturated carbocycles. The van der Waals surface area contributed by atoms with Crippen molar-refractivity contribution >= 4 is 16.4 Å². The molecule has 1 rings (SSSR count). The summed E-state index contributed by atoms with van der Waals surface area (Å²) in [6.45, 7) is 15.0. The summed E-state index contributed by atoms with van der Waals surface area (Å²) in [5.41, 5.74) is 0.354. The topological polar surface area (TPSA) is 121 Å². The molecule has 8 nitrogen and oxygen atoms in total. The third kappa shape index (κ3) is 20.6. The maximum absolute atomic E-state index is 10.8. The van der Waals surface area contributed by atoms with Crippen molar-refractivity contribution in [2.45, 2.75) is 79.1 Å². The first-order chi connectivity index (χ1) is 15.5. The number of hydrogen-bond donors (Lipinski definition) is 3. The van der Waals surface area contributed by atoms with Crippen LogP contribution in [0.3, 0.4) is 0 Å². The molecule has 33 heavy (non-hydrogen) atoms. The van der Waals surface area contributed by atoms with Crippen molar-refractivity contribution in [3.63, 3.8) is 0 Å². The zero-order valence-electron chi connectivity index (χ0n) is 21.1. The fourth-order valence-electron chi connectivity index (χ4n) is 3.40. The summed E-state index contributed by atoms with van der Waals surface area (Å²) < 4.78 is 37.4. The number of phenolic OH excluding ortho intramolecular Hbond substituents is 1. The van der Waals surface area contributed by atoms with E-state index >= 15 is 0 Å². The molecule has 0 aliphatic rings. The van der Waals surface area contributed by atoms with Gasteiger partial charge in [0, 0.05) is 0 Å². The Morgan fingerprint density at radius 3 is 1.48 bits per heavy atom. The summed E-state index contributed by atoms with van der Waals surface area (Å²) in [4.78, 5) is 10.8. The van der Waals surface area contributed by atoms with Gasteiger partial charge in [-0.15, -0.1) is 0 Å². The molecule has 0 fully saturated rings. The molecule has 9 heteroatoms. The number of ether oxygens (including phenoxy) is 1. The van der Waals surface area contributed by atoms with Gasteiger partial charge in [0.15, 0.2) is 0 Å². The van der Waals surface area contributed by atoms with Crippen molar-refractivity contribution in [2.24, 2.45) is 0 Å². The first-order valence-corrected chi connectivity index (χ1v) is 13.3. The van der Waals surface area contributed by atoms with Crippen LogP contribution < -0.4 is 0 Å². The first kappa shape index (κ1) is 33.5. The number of hydrogen-bond acceptors (Lipinski definition) is 5. The average molecular weight is 493 g/mol. The van der Waals surface area contributed by atoms with Gasteiger partial charge in [-0.2, -0.15) is 8.42 Å². The summed E-state index contributed by atoms with van der Waals surface area (Å²) in [7, 11) is -3.37. The van der Waals surface area contributed by atoms with E-state index in [0.717, 1.165) is 0 Å². The highest BCUT2D eigenvalue weighted by atomic mass is 32.3. The Kier molecular flexibility index (Phi) is 20.1. The van der Waals surface area contributed by atoms with E-state index in [2.05, 4.69) is 32.4 Å². The van der Waals surface area contributed by atoms with Crippen LogP contribution in [-0.4, -0.2) is 66.4 Å². The lowest BCUT2D eigenvalue weighted by Gasteiger charge is -2.39. The molecule has 0 aromatic heterocycles. The van der Waals surface area contributed by atoms with Gasteiger partial charge in [0.05, 0.1) is 38.9 Å². The molecule has 0 amide bonds. The summed E-state index contributed by atoms with van der Waals surface area (Å²) in [6.07, 6.45) is 11.1. The van der Waals surface area contributed by atoms with Crippen molar-refractivity contribution in [1.82, 2.24) is 0 Å². The monoisotopic (exact) mass is 492 g/mol. The molecule has 1 aromatic carbocycles. The van der Waals surface area contributed by atoms with Crippen LogP contribution in [0, 0.1) is 0 Å². The van der Waals surface area contributed by atoms with E-state index in [1.54, 1.807) is 12.1 Å². The molecule has 0 bridgehead atoms. The molecule has 194 valence electrons. The van der Waals surface area contributed by atoms with E-state index in [1.165, 1.54) is 101 Å². The molecule has 0 unspecified atom stereocenters. The minimum Gasteiger partial charge on any atom is -0.508 e. The largest absolute Gasteiger partial charge is 0.508 e. The Balaban J connectivity index is 0.